The van der Waals surface area contributed by atoms with Gasteiger partial charge in [-0.15, -0.1) is 12.4 Å². The second-order valence-electron chi connectivity index (χ2n) is 7.01. The van der Waals surface area contributed by atoms with E-state index >= 15 is 0 Å². The van der Waals surface area contributed by atoms with Crippen molar-refractivity contribution < 1.29 is 9.90 Å². The van der Waals surface area contributed by atoms with Crippen molar-refractivity contribution in [3.63, 3.8) is 0 Å². The molecule has 0 bridgehead atoms. The summed E-state index contributed by atoms with van der Waals surface area (Å²) in [6.07, 6.45) is 2.56. The minimum atomic E-state index is -0.670. The molecule has 2 heterocycles. The topological polar surface area (TPSA) is 58.4 Å². The van der Waals surface area contributed by atoms with E-state index in [1.165, 1.54) is 5.56 Å². The molecule has 1 N–H and O–H groups in total. The van der Waals surface area contributed by atoms with Gasteiger partial charge in [0.2, 0.25) is 0 Å². The predicted octanol–water partition coefficient (Wildman–Crippen LogP) is 3.16. The zero-order valence-electron chi connectivity index (χ0n) is 15.8. The molecule has 1 aromatic heterocycles. The van der Waals surface area contributed by atoms with Crippen LogP contribution in [0.3, 0.4) is 0 Å². The summed E-state index contributed by atoms with van der Waals surface area (Å²) in [7, 11) is 1.88. The molecule has 1 unspecified atom stereocenters. The van der Waals surface area contributed by atoms with Crippen LogP contribution in [-0.2, 0) is 19.9 Å². The fourth-order valence-electron chi connectivity index (χ4n) is 3.68. The number of benzene rings is 2. The molecule has 1 aliphatic heterocycles. The number of aliphatic hydroxyl groups is 1. The van der Waals surface area contributed by atoms with Crippen LogP contribution >= 0.6 is 12.4 Å². The van der Waals surface area contributed by atoms with Crippen molar-refractivity contribution in [3.05, 3.63) is 89.0 Å². The number of amides is 1. The lowest BCUT2D eigenvalue weighted by Crippen LogP contribution is -2.36. The third kappa shape index (κ3) is 3.96. The third-order valence-electron chi connectivity index (χ3n) is 5.25. The quantitative estimate of drug-likeness (QED) is 0.738. The van der Waals surface area contributed by atoms with E-state index in [0.717, 1.165) is 29.7 Å². The van der Waals surface area contributed by atoms with Gasteiger partial charge >= 0.3 is 0 Å². The molecule has 1 amide bonds. The molecule has 0 saturated heterocycles. The normalized spacial score (nSPS) is 16.1. The number of halogens is 1. The van der Waals surface area contributed by atoms with Crippen molar-refractivity contribution in [3.8, 4) is 0 Å². The summed E-state index contributed by atoms with van der Waals surface area (Å²) in [4.78, 5) is 19.2. The lowest BCUT2D eigenvalue weighted by molar-refractivity contribution is 0.0628. The Kier molecular flexibility index (Phi) is 6.17. The number of carbonyl (C=O) groups is 1. The monoisotopic (exact) mass is 397 g/mol. The number of carbonyl (C=O) groups excluding carboxylic acids is 1. The van der Waals surface area contributed by atoms with E-state index < -0.39 is 6.10 Å². The lowest BCUT2D eigenvalue weighted by Gasteiger charge is -2.22. The fraction of sp³-hybridized carbons (Fsp3) is 0.273. The van der Waals surface area contributed by atoms with E-state index in [-0.39, 0.29) is 24.9 Å². The SMILES string of the molecule is Cl.Cn1c(Cc2ccccc2)cnc1C(=O)N1CCc2ccccc2C(O)C1. The zero-order valence-corrected chi connectivity index (χ0v) is 16.6. The van der Waals surface area contributed by atoms with Crippen molar-refractivity contribution in [2.45, 2.75) is 18.9 Å². The van der Waals surface area contributed by atoms with Crippen molar-refractivity contribution in [1.29, 1.82) is 0 Å². The average Bonchev–Trinajstić information content (AvgIpc) is 2.96. The van der Waals surface area contributed by atoms with Gasteiger partial charge in [-0.1, -0.05) is 54.6 Å². The second-order valence-corrected chi connectivity index (χ2v) is 7.01. The fourth-order valence-corrected chi connectivity index (χ4v) is 3.68. The highest BCUT2D eigenvalue weighted by Crippen LogP contribution is 2.24. The van der Waals surface area contributed by atoms with Gasteiger partial charge in [0, 0.05) is 31.9 Å². The molecule has 0 spiro atoms. The lowest BCUT2D eigenvalue weighted by atomic mass is 10.0. The van der Waals surface area contributed by atoms with E-state index in [9.17, 15) is 9.90 Å². The van der Waals surface area contributed by atoms with Gasteiger partial charge in [-0.25, -0.2) is 4.98 Å². The first kappa shape index (κ1) is 20.1. The van der Waals surface area contributed by atoms with Crippen molar-refractivity contribution in [2.24, 2.45) is 7.05 Å². The predicted molar refractivity (Wildman–Crippen MR) is 111 cm³/mol. The molecular formula is C22H24ClN3O2. The van der Waals surface area contributed by atoms with Gasteiger partial charge in [0.1, 0.15) is 0 Å². The average molecular weight is 398 g/mol. The van der Waals surface area contributed by atoms with Gasteiger partial charge in [0.25, 0.3) is 5.91 Å². The summed E-state index contributed by atoms with van der Waals surface area (Å²) < 4.78 is 1.86. The molecule has 1 aliphatic rings. The molecule has 28 heavy (non-hydrogen) atoms. The molecule has 0 radical (unpaired) electrons. The third-order valence-corrected chi connectivity index (χ3v) is 5.25. The molecule has 2 aromatic carbocycles. The van der Waals surface area contributed by atoms with Crippen molar-refractivity contribution in [2.75, 3.05) is 13.1 Å². The van der Waals surface area contributed by atoms with E-state index in [0.29, 0.717) is 12.4 Å². The van der Waals surface area contributed by atoms with Crippen LogP contribution in [0.2, 0.25) is 0 Å². The smallest absolute Gasteiger partial charge is 0.289 e. The molecule has 0 fully saturated rings. The number of aliphatic hydroxyl groups excluding tert-OH is 1. The molecule has 6 heteroatoms. The number of hydrogen-bond donors (Lipinski definition) is 1. The Hall–Kier alpha value is -2.63. The van der Waals surface area contributed by atoms with Crippen LogP contribution < -0.4 is 0 Å². The van der Waals surface area contributed by atoms with Gasteiger partial charge in [-0.3, -0.25) is 4.79 Å². The van der Waals surface area contributed by atoms with E-state index in [4.69, 9.17) is 0 Å². The highest BCUT2D eigenvalue weighted by atomic mass is 35.5. The largest absolute Gasteiger partial charge is 0.387 e. The molecule has 0 saturated carbocycles. The van der Waals surface area contributed by atoms with Crippen LogP contribution in [0.15, 0.2) is 60.8 Å². The van der Waals surface area contributed by atoms with Crippen LogP contribution in [0, 0.1) is 0 Å². The molecule has 146 valence electrons. The molecule has 1 atom stereocenters. The number of rotatable bonds is 3. The van der Waals surface area contributed by atoms with Crippen molar-refractivity contribution >= 4 is 18.3 Å². The van der Waals surface area contributed by atoms with Crippen LogP contribution in [0.5, 0.6) is 0 Å². The summed E-state index contributed by atoms with van der Waals surface area (Å²) in [5.41, 5.74) is 4.19. The summed E-state index contributed by atoms with van der Waals surface area (Å²) in [6, 6.07) is 18.0. The first-order valence-corrected chi connectivity index (χ1v) is 9.23. The second kappa shape index (κ2) is 8.59. The maximum atomic E-state index is 13.1. The molecular weight excluding hydrogens is 374 g/mol. The van der Waals surface area contributed by atoms with E-state index in [1.54, 1.807) is 11.1 Å². The number of nitrogens with zero attached hydrogens (tertiary/aromatic N) is 3. The number of β-amino-alcohol motifs (C(OH)–C–C–N with tert-alkyl or cyclic N) is 1. The first-order valence-electron chi connectivity index (χ1n) is 9.23. The summed E-state index contributed by atoms with van der Waals surface area (Å²) in [6.45, 7) is 0.866. The first-order chi connectivity index (χ1) is 13.1. The Balaban J connectivity index is 0.00000225. The maximum absolute atomic E-state index is 13.1. The van der Waals surface area contributed by atoms with Crippen LogP contribution in [0.1, 0.15) is 39.1 Å². The Morgan fingerprint density at radius 2 is 1.86 bits per heavy atom. The van der Waals surface area contributed by atoms with Crippen LogP contribution in [-0.4, -0.2) is 38.6 Å². The zero-order chi connectivity index (χ0) is 18.8. The minimum absolute atomic E-state index is 0. The van der Waals surface area contributed by atoms with E-state index in [1.807, 2.05) is 54.1 Å². The van der Waals surface area contributed by atoms with Crippen molar-refractivity contribution in [1.82, 2.24) is 14.5 Å². The van der Waals surface area contributed by atoms with Gasteiger partial charge < -0.3 is 14.6 Å². The van der Waals surface area contributed by atoms with Crippen LogP contribution in [0.25, 0.3) is 0 Å². The van der Waals surface area contributed by atoms with Gasteiger partial charge in [-0.05, 0) is 23.1 Å². The number of aromatic nitrogens is 2. The Labute approximate surface area is 171 Å². The Bertz CT molecular complexity index is 955. The molecule has 0 aliphatic carbocycles. The number of hydrogen-bond acceptors (Lipinski definition) is 3. The molecule has 3 aromatic rings. The van der Waals surface area contributed by atoms with E-state index in [2.05, 4.69) is 17.1 Å². The summed E-state index contributed by atoms with van der Waals surface area (Å²) in [5, 5.41) is 10.6. The Morgan fingerprint density at radius 3 is 2.64 bits per heavy atom. The van der Waals surface area contributed by atoms with Crippen LogP contribution in [0.4, 0.5) is 0 Å². The Morgan fingerprint density at radius 1 is 1.14 bits per heavy atom. The van der Waals surface area contributed by atoms with Gasteiger partial charge in [0.05, 0.1) is 12.6 Å². The number of imidazole rings is 1. The highest BCUT2D eigenvalue weighted by Gasteiger charge is 2.27. The molecule has 4 rings (SSSR count). The van der Waals surface area contributed by atoms with Gasteiger partial charge in [-0.2, -0.15) is 0 Å². The maximum Gasteiger partial charge on any atom is 0.289 e. The number of fused-ring (bicyclic) bond motifs is 1. The molecule has 5 nitrogen and oxygen atoms in total. The highest BCUT2D eigenvalue weighted by molar-refractivity contribution is 5.91. The minimum Gasteiger partial charge on any atom is -0.387 e. The van der Waals surface area contributed by atoms with Gasteiger partial charge in [0.15, 0.2) is 5.82 Å². The summed E-state index contributed by atoms with van der Waals surface area (Å²) in [5.74, 6) is 0.280. The summed E-state index contributed by atoms with van der Waals surface area (Å²) >= 11 is 0. The standard InChI is InChI=1S/C22H23N3O2.ClH/c1-24-18(13-16-7-3-2-4-8-16)14-23-21(24)22(27)25-12-11-17-9-5-6-10-19(17)20(26)15-25;/h2-10,14,20,26H,11-13,15H2,1H3;1H.